The second-order valence-corrected chi connectivity index (χ2v) is 4.11. The lowest BCUT2D eigenvalue weighted by atomic mass is 10.3. The number of methoxy groups -OCH3 is 1. The lowest BCUT2D eigenvalue weighted by Gasteiger charge is -2.03. The van der Waals surface area contributed by atoms with Crippen LogP contribution in [0.5, 0.6) is 5.75 Å². The molecule has 0 unspecified atom stereocenters. The Morgan fingerprint density at radius 3 is 2.89 bits per heavy atom. The van der Waals surface area contributed by atoms with Crippen LogP contribution in [0.25, 0.3) is 11.0 Å². The fourth-order valence-corrected chi connectivity index (χ4v) is 2.02. The largest absolute Gasteiger partial charge is 0.494 e. The number of benzene rings is 1. The van der Waals surface area contributed by atoms with E-state index in [0.717, 1.165) is 11.0 Å². The Labute approximate surface area is 109 Å². The summed E-state index contributed by atoms with van der Waals surface area (Å²) in [6, 6.07) is 5.66. The summed E-state index contributed by atoms with van der Waals surface area (Å²) in [5.41, 5.74) is 7.54. The van der Waals surface area contributed by atoms with Gasteiger partial charge in [0.15, 0.2) is 5.82 Å². The van der Waals surface area contributed by atoms with Gasteiger partial charge >= 0.3 is 0 Å². The van der Waals surface area contributed by atoms with Gasteiger partial charge in [-0.25, -0.2) is 4.98 Å². The van der Waals surface area contributed by atoms with E-state index in [2.05, 4.69) is 15.1 Å². The van der Waals surface area contributed by atoms with Gasteiger partial charge in [-0.15, -0.1) is 0 Å². The Kier molecular flexibility index (Phi) is 2.59. The number of nitrogen functional groups attached to an aromatic ring is 1. The first-order chi connectivity index (χ1) is 9.19. The van der Waals surface area contributed by atoms with Crippen molar-refractivity contribution in [3.05, 3.63) is 29.9 Å². The van der Waals surface area contributed by atoms with Crippen LogP contribution in [0.4, 0.5) is 5.95 Å². The molecule has 0 radical (unpaired) electrons. The summed E-state index contributed by atoms with van der Waals surface area (Å²) in [4.78, 5) is 8.48. The van der Waals surface area contributed by atoms with Gasteiger partial charge in [0.05, 0.1) is 19.2 Å². The van der Waals surface area contributed by atoms with E-state index in [-0.39, 0.29) is 0 Å². The summed E-state index contributed by atoms with van der Waals surface area (Å²) >= 11 is 0. The molecule has 0 bridgehead atoms. The number of imidazole rings is 1. The number of aromatic nitrogens is 4. The van der Waals surface area contributed by atoms with E-state index in [1.165, 1.54) is 0 Å². The fraction of sp³-hybridized carbons (Fsp3) is 0.250. The molecule has 0 aliphatic carbocycles. The van der Waals surface area contributed by atoms with Crippen LogP contribution in [0.2, 0.25) is 0 Å². The Morgan fingerprint density at radius 2 is 2.21 bits per heavy atom. The number of nitrogens with zero attached hydrogens (tertiary/aromatic N) is 4. The highest BCUT2D eigenvalue weighted by atomic mass is 16.5. The Bertz CT molecular complexity index is 731. The molecule has 0 aliphatic heterocycles. The van der Waals surface area contributed by atoms with Gasteiger partial charge in [-0.3, -0.25) is 0 Å². The maximum atomic E-state index is 5.94. The third-order valence-electron chi connectivity index (χ3n) is 2.86. The molecule has 98 valence electrons. The van der Waals surface area contributed by atoms with Crippen molar-refractivity contribution in [2.75, 3.05) is 12.8 Å². The van der Waals surface area contributed by atoms with Crippen molar-refractivity contribution in [3.8, 4) is 5.75 Å². The lowest BCUT2D eigenvalue weighted by molar-refractivity contribution is 0.386. The summed E-state index contributed by atoms with van der Waals surface area (Å²) in [6.07, 6.45) is 0. The fourth-order valence-electron chi connectivity index (χ4n) is 2.02. The first-order valence-corrected chi connectivity index (χ1v) is 5.77. The summed E-state index contributed by atoms with van der Waals surface area (Å²) < 4.78 is 12.0. The van der Waals surface area contributed by atoms with Crippen molar-refractivity contribution in [2.45, 2.75) is 13.5 Å². The Balaban J connectivity index is 2.10. The van der Waals surface area contributed by atoms with E-state index in [1.54, 1.807) is 14.0 Å². The van der Waals surface area contributed by atoms with Crippen LogP contribution in [0.1, 0.15) is 11.7 Å². The smallest absolute Gasteiger partial charge is 0.223 e. The minimum absolute atomic E-state index is 0.391. The number of hydrogen-bond acceptors (Lipinski definition) is 6. The predicted octanol–water partition coefficient (Wildman–Crippen LogP) is 1.37. The molecule has 2 heterocycles. The van der Waals surface area contributed by atoms with Gasteiger partial charge < -0.3 is 19.6 Å². The van der Waals surface area contributed by atoms with Gasteiger partial charge in [0, 0.05) is 6.92 Å². The van der Waals surface area contributed by atoms with Crippen molar-refractivity contribution >= 4 is 17.0 Å². The van der Waals surface area contributed by atoms with Gasteiger partial charge in [-0.05, 0) is 12.1 Å². The normalized spacial score (nSPS) is 11.1. The highest BCUT2D eigenvalue weighted by molar-refractivity contribution is 5.84. The van der Waals surface area contributed by atoms with Crippen LogP contribution in [0.15, 0.2) is 22.7 Å². The number of aryl methyl sites for hydroxylation is 1. The summed E-state index contributed by atoms with van der Waals surface area (Å²) in [7, 11) is 1.60. The van der Waals surface area contributed by atoms with Crippen LogP contribution < -0.4 is 10.5 Å². The van der Waals surface area contributed by atoms with Gasteiger partial charge in [0.25, 0.3) is 0 Å². The molecule has 19 heavy (non-hydrogen) atoms. The monoisotopic (exact) mass is 259 g/mol. The highest BCUT2D eigenvalue weighted by Crippen LogP contribution is 2.27. The van der Waals surface area contributed by atoms with Crippen molar-refractivity contribution < 1.29 is 9.26 Å². The molecule has 3 rings (SSSR count). The van der Waals surface area contributed by atoms with Gasteiger partial charge in [-0.1, -0.05) is 11.2 Å². The van der Waals surface area contributed by atoms with Crippen molar-refractivity contribution in [3.63, 3.8) is 0 Å². The van der Waals surface area contributed by atoms with E-state index < -0.39 is 0 Å². The predicted molar refractivity (Wildman–Crippen MR) is 68.8 cm³/mol. The maximum absolute atomic E-state index is 5.94. The van der Waals surface area contributed by atoms with Crippen molar-refractivity contribution in [1.29, 1.82) is 0 Å². The third kappa shape index (κ3) is 1.88. The second kappa shape index (κ2) is 4.27. The molecule has 2 N–H and O–H groups in total. The number of anilines is 1. The molecule has 1 aromatic carbocycles. The average molecular weight is 259 g/mol. The van der Waals surface area contributed by atoms with Crippen molar-refractivity contribution in [1.82, 2.24) is 19.7 Å². The summed E-state index contributed by atoms with van der Waals surface area (Å²) in [5, 5.41) is 3.86. The van der Waals surface area contributed by atoms with Gasteiger partial charge in [-0.2, -0.15) is 4.98 Å². The first kappa shape index (κ1) is 11.5. The van der Waals surface area contributed by atoms with Crippen LogP contribution in [-0.4, -0.2) is 26.8 Å². The number of para-hydroxylation sites is 1. The molecule has 0 amide bonds. The quantitative estimate of drug-likeness (QED) is 0.763. The molecule has 7 nitrogen and oxygen atoms in total. The lowest BCUT2D eigenvalue weighted by Crippen LogP contribution is -2.05. The first-order valence-electron chi connectivity index (χ1n) is 5.77. The Hall–Kier alpha value is -2.57. The van der Waals surface area contributed by atoms with Gasteiger partial charge in [0.2, 0.25) is 11.8 Å². The molecule has 0 spiro atoms. The Morgan fingerprint density at radius 1 is 1.37 bits per heavy atom. The number of ether oxygens (including phenoxy) is 1. The van der Waals surface area contributed by atoms with Crippen LogP contribution >= 0.6 is 0 Å². The number of hydrogen-bond donors (Lipinski definition) is 1. The molecule has 0 fully saturated rings. The third-order valence-corrected chi connectivity index (χ3v) is 2.86. The zero-order valence-electron chi connectivity index (χ0n) is 10.6. The maximum Gasteiger partial charge on any atom is 0.223 e. The van der Waals surface area contributed by atoms with E-state index in [0.29, 0.717) is 30.0 Å². The van der Waals surface area contributed by atoms with E-state index in [1.807, 2.05) is 22.8 Å². The van der Waals surface area contributed by atoms with E-state index >= 15 is 0 Å². The molecule has 7 heteroatoms. The van der Waals surface area contributed by atoms with Gasteiger partial charge in [0.1, 0.15) is 11.3 Å². The second-order valence-electron chi connectivity index (χ2n) is 4.11. The van der Waals surface area contributed by atoms with Crippen LogP contribution in [-0.2, 0) is 6.54 Å². The highest BCUT2D eigenvalue weighted by Gasteiger charge is 2.14. The molecule has 0 saturated heterocycles. The molecule has 2 aromatic heterocycles. The molecule has 3 aromatic rings. The number of nitrogens with two attached hydrogens (primary N) is 1. The number of fused-ring (bicyclic) bond motifs is 1. The van der Waals surface area contributed by atoms with Crippen LogP contribution in [0.3, 0.4) is 0 Å². The molecular formula is C12H13N5O2. The standard InChI is InChI=1S/C12H13N5O2/c1-7-14-10(16-19-7)6-17-8-4-3-5-9(18-2)11(8)15-12(17)13/h3-5H,6H2,1-2H3,(H2,13,15). The zero-order valence-corrected chi connectivity index (χ0v) is 10.6. The summed E-state index contributed by atoms with van der Waals surface area (Å²) in [6.45, 7) is 2.15. The molecule has 0 aliphatic rings. The molecule has 0 atom stereocenters. The van der Waals surface area contributed by atoms with Crippen LogP contribution in [0, 0.1) is 6.92 Å². The zero-order chi connectivity index (χ0) is 13.4. The van der Waals surface area contributed by atoms with E-state index in [4.69, 9.17) is 15.0 Å². The van der Waals surface area contributed by atoms with E-state index in [9.17, 15) is 0 Å². The SMILES string of the molecule is COc1cccc2c1nc(N)n2Cc1noc(C)n1. The average Bonchev–Trinajstić information content (AvgIpc) is 2.94. The molecule has 0 saturated carbocycles. The minimum Gasteiger partial charge on any atom is -0.494 e. The molecular weight excluding hydrogens is 246 g/mol. The minimum atomic E-state index is 0.391. The van der Waals surface area contributed by atoms with Crippen molar-refractivity contribution in [2.24, 2.45) is 0 Å². The topological polar surface area (TPSA) is 92.0 Å². The summed E-state index contributed by atoms with van der Waals surface area (Å²) in [5.74, 6) is 2.16. The number of rotatable bonds is 3.